The number of carboxylic acid groups (broad SMARTS) is 1. The molecule has 2 fully saturated rings. The number of carbonyl (C=O) groups excluding carboxylic acids is 2. The smallest absolute Gasteiger partial charge is 0.327 e. The number of hydrogen-bond acceptors (Lipinski definition) is 4. The van der Waals surface area contributed by atoms with E-state index in [2.05, 4.69) is 0 Å². The van der Waals surface area contributed by atoms with E-state index in [0.717, 1.165) is 6.42 Å². The average molecular weight is 287 g/mol. The number of nitrogens with two attached hydrogens (primary N) is 1. The SMILES string of the molecule is NC(=O)N1CCCC(C(=O)N2CSC[C@H]2C(=O)O)C1. The van der Waals surface area contributed by atoms with Crippen LogP contribution >= 0.6 is 11.8 Å². The van der Waals surface area contributed by atoms with Crippen LogP contribution in [0.5, 0.6) is 0 Å². The normalized spacial score (nSPS) is 27.4. The molecule has 3 amide bonds. The third-order valence-electron chi connectivity index (χ3n) is 3.53. The Morgan fingerprint density at radius 3 is 2.68 bits per heavy atom. The number of carbonyl (C=O) groups is 3. The summed E-state index contributed by atoms with van der Waals surface area (Å²) in [6, 6.07) is -1.27. The molecule has 2 aliphatic rings. The van der Waals surface area contributed by atoms with E-state index in [4.69, 9.17) is 10.8 Å². The minimum Gasteiger partial charge on any atom is -0.480 e. The first-order valence-corrected chi connectivity index (χ1v) is 7.31. The Morgan fingerprint density at radius 1 is 1.32 bits per heavy atom. The summed E-state index contributed by atoms with van der Waals surface area (Å²) in [4.78, 5) is 37.4. The minimum atomic E-state index is -0.971. The predicted molar refractivity (Wildman–Crippen MR) is 69.5 cm³/mol. The van der Waals surface area contributed by atoms with E-state index >= 15 is 0 Å². The lowest BCUT2D eigenvalue weighted by Crippen LogP contribution is -2.50. The summed E-state index contributed by atoms with van der Waals surface area (Å²) in [5.74, 6) is -0.651. The summed E-state index contributed by atoms with van der Waals surface area (Å²) < 4.78 is 0. The molecule has 3 N–H and O–H groups in total. The summed E-state index contributed by atoms with van der Waals surface area (Å²) in [6.07, 6.45) is 1.40. The number of thioether (sulfide) groups is 1. The number of carboxylic acids is 1. The summed E-state index contributed by atoms with van der Waals surface area (Å²) in [5.41, 5.74) is 5.22. The molecule has 8 heteroatoms. The first kappa shape index (κ1) is 14.0. The van der Waals surface area contributed by atoms with Gasteiger partial charge >= 0.3 is 12.0 Å². The molecule has 7 nitrogen and oxygen atoms in total. The molecule has 0 aliphatic carbocycles. The van der Waals surface area contributed by atoms with Gasteiger partial charge in [-0.3, -0.25) is 4.79 Å². The van der Waals surface area contributed by atoms with Gasteiger partial charge in [0.15, 0.2) is 0 Å². The molecule has 2 heterocycles. The number of urea groups is 1. The molecule has 0 saturated carbocycles. The largest absolute Gasteiger partial charge is 0.480 e. The lowest BCUT2D eigenvalue weighted by Gasteiger charge is -2.33. The molecule has 2 atom stereocenters. The fourth-order valence-electron chi connectivity index (χ4n) is 2.48. The molecular formula is C11H17N3O4S. The van der Waals surface area contributed by atoms with Crippen molar-refractivity contribution in [3.8, 4) is 0 Å². The molecule has 2 rings (SSSR count). The Morgan fingerprint density at radius 2 is 2.05 bits per heavy atom. The standard InChI is InChI=1S/C11H17N3O4S/c12-11(18)13-3-1-2-7(4-13)9(15)14-6-19-5-8(14)10(16)17/h7-8H,1-6H2,(H2,12,18)(H,16,17)/t7?,8-/m0/s1. The van der Waals surface area contributed by atoms with Crippen molar-refractivity contribution in [1.29, 1.82) is 0 Å². The Hall–Kier alpha value is -1.44. The van der Waals surface area contributed by atoms with E-state index in [-0.39, 0.29) is 11.8 Å². The molecule has 19 heavy (non-hydrogen) atoms. The zero-order chi connectivity index (χ0) is 14.0. The second kappa shape index (κ2) is 5.68. The summed E-state index contributed by atoms with van der Waals surface area (Å²) in [5, 5.41) is 9.08. The second-order valence-electron chi connectivity index (χ2n) is 4.79. The van der Waals surface area contributed by atoms with Crippen molar-refractivity contribution in [2.75, 3.05) is 24.7 Å². The average Bonchev–Trinajstić information content (AvgIpc) is 2.87. The summed E-state index contributed by atoms with van der Waals surface area (Å²) in [6.45, 7) is 0.859. The van der Waals surface area contributed by atoms with Crippen LogP contribution in [0.15, 0.2) is 0 Å². The molecule has 0 bridgehead atoms. The van der Waals surface area contributed by atoms with Crippen molar-refractivity contribution >= 4 is 29.7 Å². The monoisotopic (exact) mass is 287 g/mol. The highest BCUT2D eigenvalue weighted by molar-refractivity contribution is 7.99. The number of hydrogen-bond donors (Lipinski definition) is 2. The molecule has 2 aliphatic heterocycles. The Bertz CT molecular complexity index is 403. The van der Waals surface area contributed by atoms with Gasteiger partial charge in [-0.15, -0.1) is 11.8 Å². The van der Waals surface area contributed by atoms with Crippen LogP contribution in [0.25, 0.3) is 0 Å². The van der Waals surface area contributed by atoms with Crippen LogP contribution in [0.3, 0.4) is 0 Å². The highest BCUT2D eigenvalue weighted by atomic mass is 32.2. The van der Waals surface area contributed by atoms with Crippen LogP contribution in [0, 0.1) is 5.92 Å². The number of amides is 3. The molecule has 2 saturated heterocycles. The Balaban J connectivity index is 2.02. The number of nitrogens with zero attached hydrogens (tertiary/aromatic N) is 2. The number of aliphatic carboxylic acids is 1. The van der Waals surface area contributed by atoms with Gasteiger partial charge in [-0.2, -0.15) is 0 Å². The van der Waals surface area contributed by atoms with Gasteiger partial charge in [-0.25, -0.2) is 9.59 Å². The third-order valence-corrected chi connectivity index (χ3v) is 4.54. The highest BCUT2D eigenvalue weighted by Crippen LogP contribution is 2.26. The Kier molecular flexibility index (Phi) is 4.18. The van der Waals surface area contributed by atoms with Crippen LogP contribution in [0.2, 0.25) is 0 Å². The number of primary amides is 1. The van der Waals surface area contributed by atoms with E-state index in [1.165, 1.54) is 21.6 Å². The van der Waals surface area contributed by atoms with Crippen LogP contribution in [0.4, 0.5) is 4.79 Å². The van der Waals surface area contributed by atoms with Crippen molar-refractivity contribution in [3.63, 3.8) is 0 Å². The van der Waals surface area contributed by atoms with Crippen molar-refractivity contribution in [2.24, 2.45) is 11.7 Å². The predicted octanol–water partition coefficient (Wildman–Crippen LogP) is -0.237. The maximum absolute atomic E-state index is 12.4. The van der Waals surface area contributed by atoms with E-state index in [0.29, 0.717) is 31.1 Å². The van der Waals surface area contributed by atoms with E-state index < -0.39 is 18.0 Å². The van der Waals surface area contributed by atoms with Gasteiger partial charge in [0, 0.05) is 18.8 Å². The van der Waals surface area contributed by atoms with Gasteiger partial charge in [0.05, 0.1) is 11.8 Å². The third kappa shape index (κ3) is 2.94. The molecule has 106 valence electrons. The maximum atomic E-state index is 12.4. The van der Waals surface area contributed by atoms with Crippen molar-refractivity contribution in [1.82, 2.24) is 9.80 Å². The van der Waals surface area contributed by atoms with Crippen LogP contribution in [0.1, 0.15) is 12.8 Å². The van der Waals surface area contributed by atoms with E-state index in [1.807, 2.05) is 0 Å². The van der Waals surface area contributed by atoms with Crippen LogP contribution < -0.4 is 5.73 Å². The fraction of sp³-hybridized carbons (Fsp3) is 0.727. The number of likely N-dealkylation sites (tertiary alicyclic amines) is 1. The number of rotatable bonds is 2. The van der Waals surface area contributed by atoms with Gasteiger partial charge in [0.25, 0.3) is 0 Å². The van der Waals surface area contributed by atoms with Crippen molar-refractivity contribution in [2.45, 2.75) is 18.9 Å². The first-order chi connectivity index (χ1) is 9.00. The number of piperidine rings is 1. The van der Waals surface area contributed by atoms with Crippen LogP contribution in [-0.2, 0) is 9.59 Å². The maximum Gasteiger partial charge on any atom is 0.327 e. The Labute approximate surface area is 115 Å². The molecule has 0 aromatic heterocycles. The molecule has 0 aromatic carbocycles. The van der Waals surface area contributed by atoms with Gasteiger partial charge < -0.3 is 20.6 Å². The van der Waals surface area contributed by atoms with Gasteiger partial charge in [0.1, 0.15) is 6.04 Å². The summed E-state index contributed by atoms with van der Waals surface area (Å²) >= 11 is 1.44. The zero-order valence-corrected chi connectivity index (χ0v) is 11.3. The van der Waals surface area contributed by atoms with Crippen molar-refractivity contribution < 1.29 is 19.5 Å². The van der Waals surface area contributed by atoms with E-state index in [9.17, 15) is 14.4 Å². The summed E-state index contributed by atoms with van der Waals surface area (Å²) in [7, 11) is 0. The molecule has 0 aromatic rings. The van der Waals surface area contributed by atoms with Gasteiger partial charge in [0.2, 0.25) is 5.91 Å². The molecule has 0 radical (unpaired) electrons. The van der Waals surface area contributed by atoms with E-state index in [1.54, 1.807) is 0 Å². The topological polar surface area (TPSA) is 104 Å². The van der Waals surface area contributed by atoms with Gasteiger partial charge in [-0.1, -0.05) is 0 Å². The lowest BCUT2D eigenvalue weighted by atomic mass is 9.96. The lowest BCUT2D eigenvalue weighted by molar-refractivity contribution is -0.150. The highest BCUT2D eigenvalue weighted by Gasteiger charge is 2.39. The second-order valence-corrected chi connectivity index (χ2v) is 5.79. The van der Waals surface area contributed by atoms with Crippen LogP contribution in [-0.4, -0.2) is 63.6 Å². The molecular weight excluding hydrogens is 270 g/mol. The minimum absolute atomic E-state index is 0.177. The zero-order valence-electron chi connectivity index (χ0n) is 10.4. The molecule has 0 spiro atoms. The quantitative estimate of drug-likeness (QED) is 0.729. The molecule has 1 unspecified atom stereocenters. The first-order valence-electron chi connectivity index (χ1n) is 6.16. The van der Waals surface area contributed by atoms with Crippen molar-refractivity contribution in [3.05, 3.63) is 0 Å². The van der Waals surface area contributed by atoms with Gasteiger partial charge in [-0.05, 0) is 12.8 Å². The fourth-order valence-corrected chi connectivity index (χ4v) is 3.63.